The average Bonchev–Trinajstić information content (AvgIpc) is 3.32. The van der Waals surface area contributed by atoms with Gasteiger partial charge in [0, 0.05) is 5.56 Å². The number of benzene rings is 4. The minimum absolute atomic E-state index is 0.0900. The van der Waals surface area contributed by atoms with E-state index in [0.717, 1.165) is 16.1 Å². The van der Waals surface area contributed by atoms with E-state index >= 15 is 13.2 Å². The molecule has 0 spiro atoms. The Morgan fingerprint density at radius 1 is 0.795 bits per heavy atom. The molecule has 1 heterocycles. The highest BCUT2D eigenvalue weighted by Gasteiger charge is 2.67. The highest BCUT2D eigenvalue weighted by molar-refractivity contribution is 7.92. The summed E-state index contributed by atoms with van der Waals surface area (Å²) in [7, 11) is -4.24. The van der Waals surface area contributed by atoms with Crippen LogP contribution >= 0.6 is 0 Å². The number of halogens is 3. The predicted molar refractivity (Wildman–Crippen MR) is 144 cm³/mol. The Morgan fingerprint density at radius 2 is 1.36 bits per heavy atom. The molecule has 0 saturated heterocycles. The summed E-state index contributed by atoms with van der Waals surface area (Å²) >= 11 is 0. The number of anilines is 2. The smallest absolute Gasteiger partial charge is 0.433 e. The van der Waals surface area contributed by atoms with Crippen LogP contribution in [0.5, 0.6) is 0 Å². The summed E-state index contributed by atoms with van der Waals surface area (Å²) in [6, 6.07) is 25.8. The van der Waals surface area contributed by atoms with Crippen molar-refractivity contribution >= 4 is 27.3 Å². The Labute approximate surface area is 224 Å². The normalized spacial score (nSPS) is 17.5. The van der Waals surface area contributed by atoms with E-state index < -0.39 is 27.5 Å². The fourth-order valence-electron chi connectivity index (χ4n) is 4.27. The number of sulfonamides is 1. The zero-order chi connectivity index (χ0) is 27.8. The molecule has 0 fully saturated rings. The maximum absolute atomic E-state index is 15.4. The average molecular weight is 552 g/mol. The second-order valence-corrected chi connectivity index (χ2v) is 10.8. The highest BCUT2D eigenvalue weighted by Crippen LogP contribution is 2.52. The van der Waals surface area contributed by atoms with Crippen LogP contribution in [0.15, 0.2) is 113 Å². The molecular weight excluding hydrogens is 527 g/mol. The second-order valence-electron chi connectivity index (χ2n) is 9.13. The lowest BCUT2D eigenvalue weighted by Crippen LogP contribution is -2.54. The Balaban J connectivity index is 1.69. The molecular formula is C29H24F3N3O3S. The number of ether oxygens (including phenoxy) is 1. The lowest BCUT2D eigenvalue weighted by atomic mass is 9.98. The van der Waals surface area contributed by atoms with Gasteiger partial charge in [-0.05, 0) is 56.3 Å². The molecule has 5 rings (SSSR count). The van der Waals surface area contributed by atoms with Crippen LogP contribution in [0.4, 0.5) is 24.5 Å². The maximum Gasteiger partial charge on any atom is 0.455 e. The summed E-state index contributed by atoms with van der Waals surface area (Å²) in [4.78, 5) is -0.0900. The third-order valence-corrected chi connectivity index (χ3v) is 7.67. The Kier molecular flexibility index (Phi) is 6.59. The Morgan fingerprint density at radius 3 is 1.97 bits per heavy atom. The van der Waals surface area contributed by atoms with E-state index in [0.29, 0.717) is 5.56 Å². The molecule has 200 valence electrons. The molecule has 1 atom stereocenters. The first kappa shape index (κ1) is 26.3. The zero-order valence-corrected chi connectivity index (χ0v) is 21.8. The topological polar surface area (TPSA) is 71.0 Å². The summed E-state index contributed by atoms with van der Waals surface area (Å²) in [5, 5.41) is 5.04. The summed E-state index contributed by atoms with van der Waals surface area (Å²) in [5.41, 5.74) is -1.75. The number of nitrogens with one attached hydrogen (secondary N) is 1. The van der Waals surface area contributed by atoms with Crippen LogP contribution in [-0.2, 0) is 20.5 Å². The molecule has 39 heavy (non-hydrogen) atoms. The number of aryl methyl sites for hydroxylation is 2. The zero-order valence-electron chi connectivity index (χ0n) is 21.0. The number of hydrogen-bond acceptors (Lipinski definition) is 5. The van der Waals surface area contributed by atoms with Crippen molar-refractivity contribution in [1.29, 1.82) is 0 Å². The van der Waals surface area contributed by atoms with Crippen molar-refractivity contribution in [3.8, 4) is 0 Å². The summed E-state index contributed by atoms with van der Waals surface area (Å²) in [6.45, 7) is 3.65. The lowest BCUT2D eigenvalue weighted by Gasteiger charge is -2.38. The first-order valence-corrected chi connectivity index (χ1v) is 13.5. The van der Waals surface area contributed by atoms with Crippen molar-refractivity contribution in [3.63, 3.8) is 0 Å². The fourth-order valence-corrected chi connectivity index (χ4v) is 5.35. The van der Waals surface area contributed by atoms with E-state index in [4.69, 9.17) is 4.74 Å². The van der Waals surface area contributed by atoms with Crippen molar-refractivity contribution in [2.24, 2.45) is 5.10 Å². The van der Waals surface area contributed by atoms with E-state index in [1.165, 1.54) is 48.5 Å². The van der Waals surface area contributed by atoms with Gasteiger partial charge in [-0.2, -0.15) is 13.2 Å². The molecule has 1 N–H and O–H groups in total. The summed E-state index contributed by atoms with van der Waals surface area (Å²) in [6.07, 6.45) is -5.07. The first-order valence-electron chi connectivity index (χ1n) is 12.0. The molecule has 1 aliphatic rings. The first-order chi connectivity index (χ1) is 18.5. The largest absolute Gasteiger partial charge is 0.455 e. The molecule has 0 radical (unpaired) electrons. The monoisotopic (exact) mass is 551 g/mol. The van der Waals surface area contributed by atoms with Crippen LogP contribution in [0.25, 0.3) is 0 Å². The minimum Gasteiger partial charge on any atom is -0.433 e. The lowest BCUT2D eigenvalue weighted by molar-refractivity contribution is -0.253. The van der Waals surface area contributed by atoms with Crippen LogP contribution in [0.3, 0.4) is 0 Å². The molecule has 0 aliphatic carbocycles. The van der Waals surface area contributed by atoms with Gasteiger partial charge in [-0.15, -0.1) is 5.10 Å². The van der Waals surface area contributed by atoms with Crippen molar-refractivity contribution in [1.82, 2.24) is 0 Å². The summed E-state index contributed by atoms with van der Waals surface area (Å²) < 4.78 is 80.6. The van der Waals surface area contributed by atoms with Gasteiger partial charge in [-0.25, -0.2) is 13.4 Å². The molecule has 0 amide bonds. The Bertz CT molecular complexity index is 1620. The molecule has 4 aromatic rings. The molecule has 0 bridgehead atoms. The number of nitrogens with zero attached hydrogens (tertiary/aromatic N) is 2. The van der Waals surface area contributed by atoms with Crippen molar-refractivity contribution in [2.75, 3.05) is 9.73 Å². The Hall–Kier alpha value is -4.31. The standard InChI is InChI=1S/C29H24F3N3O3S/c1-20-12-16-22(17-13-20)27-33-35(23-8-4-3-5-9-23)28(38-27,29(30,31)32)25-10-6-7-11-26(25)34-39(36,37)24-18-14-21(2)15-19-24/h3-19,34H,1-2H3. The molecule has 0 aromatic heterocycles. The van der Waals surface area contributed by atoms with E-state index in [2.05, 4.69) is 9.82 Å². The van der Waals surface area contributed by atoms with E-state index in [1.807, 2.05) is 6.92 Å². The summed E-state index contributed by atoms with van der Waals surface area (Å²) in [5.74, 6) is -0.257. The minimum atomic E-state index is -5.07. The van der Waals surface area contributed by atoms with Gasteiger partial charge in [0.15, 0.2) is 0 Å². The predicted octanol–water partition coefficient (Wildman–Crippen LogP) is 6.72. The highest BCUT2D eigenvalue weighted by atomic mass is 32.2. The van der Waals surface area contributed by atoms with Crippen LogP contribution in [0, 0.1) is 13.8 Å². The van der Waals surface area contributed by atoms with Gasteiger partial charge in [-0.1, -0.05) is 71.8 Å². The number of hydrogen-bond donors (Lipinski definition) is 1. The van der Waals surface area contributed by atoms with Gasteiger partial charge < -0.3 is 4.74 Å². The van der Waals surface area contributed by atoms with E-state index in [1.54, 1.807) is 61.5 Å². The van der Waals surface area contributed by atoms with E-state index in [-0.39, 0.29) is 22.2 Å². The van der Waals surface area contributed by atoms with Crippen molar-refractivity contribution < 1.29 is 26.3 Å². The van der Waals surface area contributed by atoms with Crippen LogP contribution in [0.1, 0.15) is 22.3 Å². The molecule has 10 heteroatoms. The number of hydrazone groups is 1. The number of alkyl halides is 3. The molecule has 4 aromatic carbocycles. The third kappa shape index (κ3) is 4.83. The van der Waals surface area contributed by atoms with Gasteiger partial charge in [-0.3, -0.25) is 4.72 Å². The number of para-hydroxylation sites is 2. The van der Waals surface area contributed by atoms with Crippen LogP contribution < -0.4 is 9.73 Å². The van der Waals surface area contributed by atoms with Gasteiger partial charge in [0.25, 0.3) is 10.0 Å². The van der Waals surface area contributed by atoms with Gasteiger partial charge in [0.2, 0.25) is 5.90 Å². The van der Waals surface area contributed by atoms with Crippen molar-refractivity contribution in [3.05, 3.63) is 125 Å². The third-order valence-electron chi connectivity index (χ3n) is 6.28. The molecule has 1 aliphatic heterocycles. The van der Waals surface area contributed by atoms with Crippen LogP contribution in [-0.4, -0.2) is 20.5 Å². The second kappa shape index (κ2) is 9.77. The van der Waals surface area contributed by atoms with Gasteiger partial charge in [0.1, 0.15) is 0 Å². The quantitative estimate of drug-likeness (QED) is 0.289. The molecule has 1 unspecified atom stereocenters. The van der Waals surface area contributed by atoms with Gasteiger partial charge >= 0.3 is 11.9 Å². The van der Waals surface area contributed by atoms with Gasteiger partial charge in [0.05, 0.1) is 21.8 Å². The number of rotatable bonds is 6. The fraction of sp³-hybridized carbons (Fsp3) is 0.138. The van der Waals surface area contributed by atoms with Crippen LogP contribution in [0.2, 0.25) is 0 Å². The van der Waals surface area contributed by atoms with Crippen molar-refractivity contribution in [2.45, 2.75) is 30.6 Å². The molecule has 6 nitrogen and oxygen atoms in total. The SMILES string of the molecule is Cc1ccc(C2=NN(c3ccccc3)C(c3ccccc3NS(=O)(=O)c3ccc(C)cc3)(C(F)(F)F)O2)cc1. The maximum atomic E-state index is 15.4. The molecule has 0 saturated carbocycles. The van der Waals surface area contributed by atoms with E-state index in [9.17, 15) is 8.42 Å².